The standard InChI is InChI=1S/C16H14FN3O3S/c17-6-7-20-11-19-24(21,22)16-9-14(4-5-15(16)20)23-13-3-1-2-12(8-13)10-18/h1-5,8-9,11,21-22H,6-7H2. The minimum atomic E-state index is -3.35. The molecule has 2 aromatic carbocycles. The second-order valence-electron chi connectivity index (χ2n) is 4.99. The molecule has 6 nitrogen and oxygen atoms in total. The van der Waals surface area contributed by atoms with Gasteiger partial charge in [-0.3, -0.25) is 9.11 Å². The Morgan fingerprint density at radius 2 is 2.00 bits per heavy atom. The van der Waals surface area contributed by atoms with Gasteiger partial charge in [-0.2, -0.15) is 5.26 Å². The maximum Gasteiger partial charge on any atom is 0.129 e. The lowest BCUT2D eigenvalue weighted by Gasteiger charge is -2.36. The molecule has 1 aliphatic rings. The van der Waals surface area contributed by atoms with Gasteiger partial charge in [-0.05, 0) is 30.3 Å². The van der Waals surface area contributed by atoms with E-state index in [0.29, 0.717) is 22.7 Å². The number of rotatable bonds is 4. The first-order valence-electron chi connectivity index (χ1n) is 7.02. The molecule has 2 N–H and O–H groups in total. The smallest absolute Gasteiger partial charge is 0.129 e. The summed E-state index contributed by atoms with van der Waals surface area (Å²) in [6, 6.07) is 13.3. The predicted octanol–water partition coefficient (Wildman–Crippen LogP) is 4.19. The van der Waals surface area contributed by atoms with Crippen LogP contribution in [0.3, 0.4) is 0 Å². The average Bonchev–Trinajstić information content (AvgIpc) is 2.58. The number of halogens is 1. The number of hydrogen-bond donors (Lipinski definition) is 2. The van der Waals surface area contributed by atoms with Crippen LogP contribution in [0.25, 0.3) is 0 Å². The van der Waals surface area contributed by atoms with Gasteiger partial charge in [0.1, 0.15) is 29.4 Å². The second kappa shape index (κ2) is 6.49. The fourth-order valence-corrected chi connectivity index (χ4v) is 3.39. The van der Waals surface area contributed by atoms with Crippen molar-refractivity contribution in [3.05, 3.63) is 48.0 Å². The highest BCUT2D eigenvalue weighted by Gasteiger charge is 2.26. The zero-order chi connectivity index (χ0) is 17.2. The van der Waals surface area contributed by atoms with Crippen molar-refractivity contribution in [1.82, 2.24) is 0 Å². The molecule has 0 saturated heterocycles. The monoisotopic (exact) mass is 347 g/mol. The summed E-state index contributed by atoms with van der Waals surface area (Å²) < 4.78 is 42.2. The Bertz CT molecular complexity index is 836. The molecule has 3 rings (SSSR count). The highest BCUT2D eigenvalue weighted by Crippen LogP contribution is 2.56. The van der Waals surface area contributed by atoms with E-state index in [9.17, 15) is 13.5 Å². The van der Waals surface area contributed by atoms with Gasteiger partial charge in [0.05, 0.1) is 23.9 Å². The van der Waals surface area contributed by atoms with E-state index < -0.39 is 17.5 Å². The summed E-state index contributed by atoms with van der Waals surface area (Å²) >= 11 is 0. The summed E-state index contributed by atoms with van der Waals surface area (Å²) in [6.07, 6.45) is 1.23. The van der Waals surface area contributed by atoms with Crippen molar-refractivity contribution < 1.29 is 18.2 Å². The van der Waals surface area contributed by atoms with Gasteiger partial charge in [-0.15, -0.1) is 4.40 Å². The maximum atomic E-state index is 12.6. The molecule has 0 aromatic heterocycles. The fraction of sp³-hybridized carbons (Fsp3) is 0.125. The first-order valence-corrected chi connectivity index (χ1v) is 8.52. The fourth-order valence-electron chi connectivity index (χ4n) is 2.29. The zero-order valence-corrected chi connectivity index (χ0v) is 13.3. The summed E-state index contributed by atoms with van der Waals surface area (Å²) in [5, 5.41) is 8.91. The first kappa shape index (κ1) is 16.3. The van der Waals surface area contributed by atoms with Crippen molar-refractivity contribution in [3.63, 3.8) is 0 Å². The van der Waals surface area contributed by atoms with E-state index >= 15 is 0 Å². The van der Waals surface area contributed by atoms with E-state index in [-0.39, 0.29) is 11.4 Å². The molecule has 0 radical (unpaired) electrons. The first-order chi connectivity index (χ1) is 11.5. The lowest BCUT2D eigenvalue weighted by molar-refractivity contribution is 0.471. The second-order valence-corrected chi connectivity index (χ2v) is 6.68. The minimum absolute atomic E-state index is 0.0659. The average molecular weight is 347 g/mol. The van der Waals surface area contributed by atoms with Crippen LogP contribution in [-0.4, -0.2) is 28.7 Å². The molecular formula is C16H14FN3O3S. The summed E-state index contributed by atoms with van der Waals surface area (Å²) in [4.78, 5) is 1.68. The Morgan fingerprint density at radius 3 is 2.75 bits per heavy atom. The molecule has 124 valence electrons. The van der Waals surface area contributed by atoms with Crippen molar-refractivity contribution in [3.8, 4) is 17.6 Å². The van der Waals surface area contributed by atoms with Crippen LogP contribution in [0.2, 0.25) is 0 Å². The molecule has 1 heterocycles. The molecule has 2 aromatic rings. The van der Waals surface area contributed by atoms with Gasteiger partial charge < -0.3 is 9.64 Å². The summed E-state index contributed by atoms with van der Waals surface area (Å²) in [6.45, 7) is -0.527. The quantitative estimate of drug-likeness (QED) is 0.865. The third kappa shape index (κ3) is 3.19. The Hall–Kier alpha value is -2.60. The van der Waals surface area contributed by atoms with Crippen LogP contribution in [0, 0.1) is 11.3 Å². The van der Waals surface area contributed by atoms with E-state index in [0.717, 1.165) is 0 Å². The SMILES string of the molecule is N#Cc1cccc(Oc2ccc3c(c2)S(O)(O)N=CN3CCF)c1. The van der Waals surface area contributed by atoms with Crippen LogP contribution in [-0.2, 0) is 0 Å². The summed E-state index contributed by atoms with van der Waals surface area (Å²) in [5.74, 6) is 0.812. The number of alkyl halides is 1. The van der Waals surface area contributed by atoms with Gasteiger partial charge in [0, 0.05) is 6.07 Å². The third-order valence-corrected chi connectivity index (χ3v) is 4.70. The zero-order valence-electron chi connectivity index (χ0n) is 12.5. The largest absolute Gasteiger partial charge is 0.457 e. The molecule has 0 spiro atoms. The van der Waals surface area contributed by atoms with E-state index in [1.54, 1.807) is 36.4 Å². The van der Waals surface area contributed by atoms with Gasteiger partial charge in [-0.1, -0.05) is 16.8 Å². The number of benzene rings is 2. The van der Waals surface area contributed by atoms with Crippen molar-refractivity contribution in [2.75, 3.05) is 18.1 Å². The molecule has 0 aliphatic carbocycles. The van der Waals surface area contributed by atoms with Crippen molar-refractivity contribution in [1.29, 1.82) is 5.26 Å². The van der Waals surface area contributed by atoms with E-state index in [1.807, 2.05) is 6.07 Å². The number of fused-ring (bicyclic) bond motifs is 1. The van der Waals surface area contributed by atoms with Crippen LogP contribution in [0.4, 0.5) is 10.1 Å². The molecule has 0 amide bonds. The molecule has 0 saturated carbocycles. The Labute approximate surface area is 139 Å². The van der Waals surface area contributed by atoms with Gasteiger partial charge in [-0.25, -0.2) is 4.39 Å². The van der Waals surface area contributed by atoms with Crippen LogP contribution >= 0.6 is 10.8 Å². The molecule has 8 heteroatoms. The highest BCUT2D eigenvalue weighted by atomic mass is 32.3. The molecule has 1 aliphatic heterocycles. The van der Waals surface area contributed by atoms with Crippen molar-refractivity contribution in [2.45, 2.75) is 4.90 Å². The normalized spacial score (nSPS) is 16.2. The summed E-state index contributed by atoms with van der Waals surface area (Å²) in [7, 11) is -3.35. The molecular weight excluding hydrogens is 333 g/mol. The highest BCUT2D eigenvalue weighted by molar-refractivity contribution is 8.23. The molecule has 0 bridgehead atoms. The Balaban J connectivity index is 1.94. The minimum Gasteiger partial charge on any atom is -0.457 e. The topological polar surface area (TPSA) is 89.1 Å². The molecule has 0 atom stereocenters. The van der Waals surface area contributed by atoms with E-state index in [1.165, 1.54) is 17.3 Å². The van der Waals surface area contributed by atoms with Crippen LogP contribution < -0.4 is 9.64 Å². The third-order valence-electron chi connectivity index (χ3n) is 3.39. The van der Waals surface area contributed by atoms with Crippen molar-refractivity contribution >= 4 is 22.8 Å². The van der Waals surface area contributed by atoms with Crippen LogP contribution in [0.1, 0.15) is 5.56 Å². The number of nitriles is 1. The molecule has 24 heavy (non-hydrogen) atoms. The number of anilines is 1. The number of hydrogen-bond acceptors (Lipinski definition) is 6. The van der Waals surface area contributed by atoms with E-state index in [4.69, 9.17) is 10.00 Å². The predicted molar refractivity (Wildman–Crippen MR) is 90.6 cm³/mol. The van der Waals surface area contributed by atoms with Crippen LogP contribution in [0.5, 0.6) is 11.5 Å². The van der Waals surface area contributed by atoms with Gasteiger partial charge in [0.25, 0.3) is 0 Å². The summed E-state index contributed by atoms with van der Waals surface area (Å²) in [5.41, 5.74) is 0.925. The lowest BCUT2D eigenvalue weighted by Crippen LogP contribution is -2.28. The van der Waals surface area contributed by atoms with Gasteiger partial charge in [0.2, 0.25) is 0 Å². The van der Waals surface area contributed by atoms with Crippen LogP contribution in [0.15, 0.2) is 51.8 Å². The number of ether oxygens (including phenoxy) is 1. The Kier molecular flexibility index (Phi) is 4.40. The van der Waals surface area contributed by atoms with E-state index in [2.05, 4.69) is 4.40 Å². The molecule has 0 fully saturated rings. The van der Waals surface area contributed by atoms with Gasteiger partial charge in [0.15, 0.2) is 0 Å². The number of nitrogens with zero attached hydrogens (tertiary/aromatic N) is 3. The lowest BCUT2D eigenvalue weighted by atomic mass is 10.2. The molecule has 0 unspecified atom stereocenters. The van der Waals surface area contributed by atoms with Gasteiger partial charge >= 0.3 is 0 Å². The van der Waals surface area contributed by atoms with Crippen molar-refractivity contribution in [2.24, 2.45) is 4.40 Å². The Morgan fingerprint density at radius 1 is 1.21 bits per heavy atom. The maximum absolute atomic E-state index is 12.6.